The van der Waals surface area contributed by atoms with Crippen LogP contribution >= 0.6 is 0 Å². The number of hydrogen-bond acceptors (Lipinski definition) is 5. The molecule has 3 aromatic rings. The molecule has 0 saturated carbocycles. The molecule has 1 aliphatic heterocycles. The van der Waals surface area contributed by atoms with Gasteiger partial charge in [-0.25, -0.2) is 4.79 Å². The molecular weight excluding hydrogens is 348 g/mol. The minimum atomic E-state index is -1.04. The Labute approximate surface area is 155 Å². The normalized spacial score (nSPS) is 14.5. The average molecular weight is 366 g/mol. The molecule has 0 aliphatic carbocycles. The highest BCUT2D eigenvalue weighted by Crippen LogP contribution is 2.26. The predicted molar refractivity (Wildman–Crippen MR) is 97.6 cm³/mol. The molecule has 0 radical (unpaired) electrons. The topological polar surface area (TPSA) is 97.6 Å². The van der Waals surface area contributed by atoms with Crippen LogP contribution in [0.2, 0.25) is 0 Å². The van der Waals surface area contributed by atoms with Crippen LogP contribution in [0.25, 0.3) is 22.2 Å². The van der Waals surface area contributed by atoms with Gasteiger partial charge in [-0.1, -0.05) is 0 Å². The molecule has 0 aromatic carbocycles. The molecule has 0 spiro atoms. The Morgan fingerprint density at radius 1 is 1.19 bits per heavy atom. The average Bonchev–Trinajstić information content (AvgIpc) is 3.04. The Balaban J connectivity index is 1.76. The lowest BCUT2D eigenvalue weighted by atomic mass is 10.1. The van der Waals surface area contributed by atoms with Gasteiger partial charge in [0.2, 0.25) is 0 Å². The van der Waals surface area contributed by atoms with Gasteiger partial charge in [0.1, 0.15) is 5.69 Å². The highest BCUT2D eigenvalue weighted by molar-refractivity contribution is 6.00. The van der Waals surface area contributed by atoms with Gasteiger partial charge in [0.15, 0.2) is 0 Å². The molecule has 27 heavy (non-hydrogen) atoms. The van der Waals surface area contributed by atoms with E-state index in [1.807, 2.05) is 17.7 Å². The van der Waals surface area contributed by atoms with Crippen molar-refractivity contribution in [3.8, 4) is 11.3 Å². The molecule has 1 aliphatic rings. The van der Waals surface area contributed by atoms with Crippen molar-refractivity contribution >= 4 is 22.8 Å². The van der Waals surface area contributed by atoms with Crippen molar-refractivity contribution in [3.05, 3.63) is 48.0 Å². The summed E-state index contributed by atoms with van der Waals surface area (Å²) in [6.45, 7) is 2.23. The van der Waals surface area contributed by atoms with E-state index < -0.39 is 5.97 Å². The number of rotatable bonds is 3. The van der Waals surface area contributed by atoms with Crippen molar-refractivity contribution < 1.29 is 19.4 Å². The number of aromatic nitrogens is 3. The second-order valence-corrected chi connectivity index (χ2v) is 6.35. The quantitative estimate of drug-likeness (QED) is 0.759. The molecule has 4 rings (SSSR count). The number of morpholine rings is 1. The molecule has 3 aromatic heterocycles. The number of nitrogens with zero attached hydrogens (tertiary/aromatic N) is 4. The fraction of sp³-hybridized carbons (Fsp3) is 0.263. The summed E-state index contributed by atoms with van der Waals surface area (Å²) in [4.78, 5) is 34.5. The number of carbonyl (C=O) groups excluding carboxylic acids is 1. The Morgan fingerprint density at radius 2 is 1.96 bits per heavy atom. The Morgan fingerprint density at radius 3 is 2.70 bits per heavy atom. The van der Waals surface area contributed by atoms with Gasteiger partial charge < -0.3 is 19.3 Å². The number of carbonyl (C=O) groups is 2. The molecule has 1 N–H and O–H groups in total. The third-order valence-corrected chi connectivity index (χ3v) is 4.77. The van der Waals surface area contributed by atoms with Crippen LogP contribution < -0.4 is 0 Å². The summed E-state index contributed by atoms with van der Waals surface area (Å²) in [5, 5.41) is 10.2. The lowest BCUT2D eigenvalue weighted by molar-refractivity contribution is 0.0297. The lowest BCUT2D eigenvalue weighted by Crippen LogP contribution is -2.41. The van der Waals surface area contributed by atoms with E-state index in [0.717, 1.165) is 10.9 Å². The first-order valence-electron chi connectivity index (χ1n) is 8.56. The first-order valence-corrected chi connectivity index (χ1v) is 8.56. The number of ether oxygens (including phenoxy) is 1. The molecule has 138 valence electrons. The maximum atomic E-state index is 12.8. The summed E-state index contributed by atoms with van der Waals surface area (Å²) < 4.78 is 7.12. The van der Waals surface area contributed by atoms with E-state index in [0.29, 0.717) is 43.3 Å². The van der Waals surface area contributed by atoms with E-state index in [1.165, 1.54) is 18.5 Å². The zero-order valence-electron chi connectivity index (χ0n) is 14.8. The van der Waals surface area contributed by atoms with E-state index in [2.05, 4.69) is 9.97 Å². The number of aryl methyl sites for hydroxylation is 1. The summed E-state index contributed by atoms with van der Waals surface area (Å²) >= 11 is 0. The maximum absolute atomic E-state index is 12.8. The van der Waals surface area contributed by atoms with E-state index >= 15 is 0 Å². The van der Waals surface area contributed by atoms with E-state index in [9.17, 15) is 14.7 Å². The van der Waals surface area contributed by atoms with Gasteiger partial charge in [-0.2, -0.15) is 0 Å². The molecule has 0 atom stereocenters. The molecule has 0 bridgehead atoms. The molecular formula is C19H18N4O4. The van der Waals surface area contributed by atoms with Gasteiger partial charge in [0.05, 0.1) is 36.2 Å². The van der Waals surface area contributed by atoms with Crippen molar-refractivity contribution in [1.82, 2.24) is 19.4 Å². The molecule has 4 heterocycles. The molecule has 1 saturated heterocycles. The molecule has 8 nitrogen and oxygen atoms in total. The summed E-state index contributed by atoms with van der Waals surface area (Å²) in [6.07, 6.45) is 4.58. The summed E-state index contributed by atoms with van der Waals surface area (Å²) in [5.41, 5.74) is 2.45. The van der Waals surface area contributed by atoms with Gasteiger partial charge in [-0.15, -0.1) is 0 Å². The van der Waals surface area contributed by atoms with Gasteiger partial charge in [-0.05, 0) is 18.2 Å². The summed E-state index contributed by atoms with van der Waals surface area (Å²) in [6, 6.07) is 5.05. The van der Waals surface area contributed by atoms with Crippen LogP contribution in [0.1, 0.15) is 20.8 Å². The number of fused-ring (bicyclic) bond motifs is 1. The smallest absolute Gasteiger partial charge is 0.336 e. The van der Waals surface area contributed by atoms with Crippen molar-refractivity contribution in [3.63, 3.8) is 0 Å². The van der Waals surface area contributed by atoms with Crippen LogP contribution in [0, 0.1) is 0 Å². The largest absolute Gasteiger partial charge is 0.478 e. The summed E-state index contributed by atoms with van der Waals surface area (Å²) in [5.74, 6) is -1.09. The first kappa shape index (κ1) is 17.2. The van der Waals surface area contributed by atoms with Crippen LogP contribution in [0.3, 0.4) is 0 Å². The lowest BCUT2D eigenvalue weighted by Gasteiger charge is -2.26. The number of amides is 1. The molecule has 8 heteroatoms. The van der Waals surface area contributed by atoms with Crippen molar-refractivity contribution in [2.75, 3.05) is 26.3 Å². The predicted octanol–water partition coefficient (Wildman–Crippen LogP) is 1.81. The van der Waals surface area contributed by atoms with Crippen LogP contribution in [0.5, 0.6) is 0 Å². The highest BCUT2D eigenvalue weighted by atomic mass is 16.5. The standard InChI is InChI=1S/C19H18N4O4/c1-22-16(18(24)23-4-6-27-7-5-23)9-12-8-15(21-11-17(12)22)14-10-20-3-2-13(14)19(25)26/h2-3,8-11H,4-7H2,1H3,(H,25,26). The highest BCUT2D eigenvalue weighted by Gasteiger charge is 2.22. The summed E-state index contributed by atoms with van der Waals surface area (Å²) in [7, 11) is 1.82. The minimum Gasteiger partial charge on any atom is -0.478 e. The molecule has 1 fully saturated rings. The number of pyridine rings is 2. The van der Waals surface area contributed by atoms with E-state index in [1.54, 1.807) is 17.2 Å². The molecule has 0 unspecified atom stereocenters. The Hall–Kier alpha value is -3.26. The zero-order chi connectivity index (χ0) is 19.0. The maximum Gasteiger partial charge on any atom is 0.336 e. The third kappa shape index (κ3) is 3.04. The second-order valence-electron chi connectivity index (χ2n) is 6.35. The fourth-order valence-corrected chi connectivity index (χ4v) is 3.30. The van der Waals surface area contributed by atoms with Gasteiger partial charge >= 0.3 is 5.97 Å². The van der Waals surface area contributed by atoms with Crippen LogP contribution in [-0.4, -0.2) is 62.7 Å². The van der Waals surface area contributed by atoms with Crippen molar-refractivity contribution in [1.29, 1.82) is 0 Å². The number of carboxylic acid groups (broad SMARTS) is 1. The van der Waals surface area contributed by atoms with Gasteiger partial charge in [0.25, 0.3) is 5.91 Å². The Bertz CT molecular complexity index is 1040. The number of hydrogen-bond donors (Lipinski definition) is 1. The fourth-order valence-electron chi connectivity index (χ4n) is 3.30. The van der Waals surface area contributed by atoms with Crippen LogP contribution in [0.15, 0.2) is 36.8 Å². The first-order chi connectivity index (χ1) is 13.1. The zero-order valence-corrected chi connectivity index (χ0v) is 14.8. The minimum absolute atomic E-state index is 0.0499. The number of carboxylic acids is 1. The van der Waals surface area contributed by atoms with Gasteiger partial charge in [-0.3, -0.25) is 14.8 Å². The SMILES string of the molecule is Cn1c(C(=O)N2CCOCC2)cc2cc(-c3cnccc3C(=O)O)ncc21. The van der Waals surface area contributed by atoms with Gasteiger partial charge in [0, 0.05) is 43.5 Å². The monoisotopic (exact) mass is 366 g/mol. The number of aromatic carboxylic acids is 1. The van der Waals surface area contributed by atoms with Crippen LogP contribution in [-0.2, 0) is 11.8 Å². The molecule has 1 amide bonds. The second kappa shape index (κ2) is 6.81. The third-order valence-electron chi connectivity index (χ3n) is 4.77. The van der Waals surface area contributed by atoms with Crippen LogP contribution in [0.4, 0.5) is 0 Å². The van der Waals surface area contributed by atoms with E-state index in [4.69, 9.17) is 4.74 Å². The van der Waals surface area contributed by atoms with Crippen molar-refractivity contribution in [2.45, 2.75) is 0 Å². The van der Waals surface area contributed by atoms with Crippen molar-refractivity contribution in [2.24, 2.45) is 7.05 Å². The van der Waals surface area contributed by atoms with E-state index in [-0.39, 0.29) is 11.5 Å². The Kier molecular flexibility index (Phi) is 4.33.